The highest BCUT2D eigenvalue weighted by atomic mass is 32.2. The van der Waals surface area contributed by atoms with E-state index in [-0.39, 0.29) is 10.7 Å². The van der Waals surface area contributed by atoms with Crippen molar-refractivity contribution in [1.82, 2.24) is 0 Å². The SMILES string of the molecule is CO[Si](OC)(OC)C(C)CSC(C)=O. The number of thioether (sulfide) groups is 1. The quantitative estimate of drug-likeness (QED) is 0.657. The Kier molecular flexibility index (Phi) is 6.63. The molecule has 0 radical (unpaired) electrons. The van der Waals surface area contributed by atoms with Gasteiger partial charge in [0.2, 0.25) is 0 Å². The van der Waals surface area contributed by atoms with E-state index >= 15 is 0 Å². The van der Waals surface area contributed by atoms with Crippen molar-refractivity contribution in [3.05, 3.63) is 0 Å². The second-order valence-electron chi connectivity index (χ2n) is 2.92. The molecule has 0 aliphatic heterocycles. The molecule has 0 aliphatic carbocycles. The molecule has 84 valence electrons. The van der Waals surface area contributed by atoms with E-state index in [2.05, 4.69) is 0 Å². The minimum atomic E-state index is -2.56. The summed E-state index contributed by atoms with van der Waals surface area (Å²) < 4.78 is 15.9. The average molecular weight is 238 g/mol. The largest absolute Gasteiger partial charge is 0.503 e. The van der Waals surface area contributed by atoms with Crippen LogP contribution in [0, 0.1) is 0 Å². The fourth-order valence-electron chi connectivity index (χ4n) is 1.20. The van der Waals surface area contributed by atoms with Crippen LogP contribution in [0.2, 0.25) is 5.54 Å². The lowest BCUT2D eigenvalue weighted by Gasteiger charge is -2.29. The summed E-state index contributed by atoms with van der Waals surface area (Å²) in [5, 5.41) is 0.100. The van der Waals surface area contributed by atoms with Crippen molar-refractivity contribution in [2.24, 2.45) is 0 Å². The molecule has 0 saturated carbocycles. The molecule has 0 saturated heterocycles. The van der Waals surface area contributed by atoms with E-state index in [1.54, 1.807) is 28.3 Å². The highest BCUT2D eigenvalue weighted by molar-refractivity contribution is 8.13. The normalized spacial score (nSPS) is 14.1. The van der Waals surface area contributed by atoms with Gasteiger partial charge in [-0.15, -0.1) is 0 Å². The molecule has 0 spiro atoms. The third kappa shape index (κ3) is 3.70. The van der Waals surface area contributed by atoms with Gasteiger partial charge in [0.15, 0.2) is 5.12 Å². The molecule has 0 aromatic heterocycles. The summed E-state index contributed by atoms with van der Waals surface area (Å²) in [5.74, 6) is 0.664. The Morgan fingerprint density at radius 2 is 1.71 bits per heavy atom. The molecular weight excluding hydrogens is 220 g/mol. The predicted molar refractivity (Wildman–Crippen MR) is 59.3 cm³/mol. The standard InChI is InChI=1S/C8H18O4SSi/c1-7(6-13-8(2)9)14(10-3,11-4)12-5/h7H,6H2,1-5H3. The second kappa shape index (κ2) is 6.57. The maximum absolute atomic E-state index is 10.8. The van der Waals surface area contributed by atoms with Crippen LogP contribution in [0.15, 0.2) is 0 Å². The van der Waals surface area contributed by atoms with Crippen molar-refractivity contribution in [2.75, 3.05) is 27.1 Å². The third-order valence-electron chi connectivity index (χ3n) is 1.99. The van der Waals surface area contributed by atoms with Crippen LogP contribution in [0.1, 0.15) is 13.8 Å². The van der Waals surface area contributed by atoms with Gasteiger partial charge in [0.05, 0.1) is 0 Å². The Morgan fingerprint density at radius 1 is 1.29 bits per heavy atom. The maximum atomic E-state index is 10.8. The minimum absolute atomic E-state index is 0.100. The van der Waals surface area contributed by atoms with Crippen LogP contribution in [0.5, 0.6) is 0 Å². The molecule has 1 atom stereocenters. The van der Waals surface area contributed by atoms with Crippen LogP contribution in [0.25, 0.3) is 0 Å². The number of carbonyl (C=O) groups is 1. The number of carbonyl (C=O) groups excluding carboxylic acids is 1. The zero-order valence-corrected chi connectivity index (χ0v) is 11.1. The molecule has 0 rings (SSSR count). The third-order valence-corrected chi connectivity index (χ3v) is 6.48. The zero-order chi connectivity index (χ0) is 11.2. The number of rotatable bonds is 6. The molecule has 14 heavy (non-hydrogen) atoms. The van der Waals surface area contributed by atoms with Gasteiger partial charge in [0, 0.05) is 39.5 Å². The van der Waals surface area contributed by atoms with Gasteiger partial charge in [0.1, 0.15) is 0 Å². The molecule has 0 fully saturated rings. The van der Waals surface area contributed by atoms with Gasteiger partial charge in [-0.2, -0.15) is 0 Å². The molecule has 4 nitrogen and oxygen atoms in total. The number of hydrogen-bond donors (Lipinski definition) is 0. The molecular formula is C8H18O4SSi. The van der Waals surface area contributed by atoms with Gasteiger partial charge in [-0.25, -0.2) is 0 Å². The molecule has 0 aromatic carbocycles. The molecule has 0 N–H and O–H groups in total. The van der Waals surface area contributed by atoms with Crippen LogP contribution < -0.4 is 0 Å². The van der Waals surface area contributed by atoms with Crippen molar-refractivity contribution in [3.8, 4) is 0 Å². The molecule has 6 heteroatoms. The smallest absolute Gasteiger partial charge is 0.377 e. The lowest BCUT2D eigenvalue weighted by Crippen LogP contribution is -2.47. The Balaban J connectivity index is 4.28. The highest BCUT2D eigenvalue weighted by Gasteiger charge is 2.44. The van der Waals surface area contributed by atoms with Gasteiger partial charge in [0.25, 0.3) is 0 Å². The molecule has 0 bridgehead atoms. The van der Waals surface area contributed by atoms with Gasteiger partial charge in [-0.05, 0) is 0 Å². The molecule has 0 aliphatic rings. The summed E-state index contributed by atoms with van der Waals surface area (Å²) in [4.78, 5) is 10.8. The minimum Gasteiger partial charge on any atom is -0.377 e. The molecule has 1 unspecified atom stereocenters. The van der Waals surface area contributed by atoms with E-state index in [1.165, 1.54) is 11.8 Å². The van der Waals surface area contributed by atoms with Crippen LogP contribution in [-0.4, -0.2) is 41.0 Å². The van der Waals surface area contributed by atoms with Gasteiger partial charge < -0.3 is 13.3 Å². The summed E-state index contributed by atoms with van der Waals surface area (Å²) in [5.41, 5.74) is 0.108. The van der Waals surface area contributed by atoms with Crippen molar-refractivity contribution in [3.63, 3.8) is 0 Å². The van der Waals surface area contributed by atoms with Gasteiger partial charge in [-0.3, -0.25) is 4.79 Å². The topological polar surface area (TPSA) is 44.8 Å². The summed E-state index contributed by atoms with van der Waals surface area (Å²) in [6.45, 7) is 3.52. The lowest BCUT2D eigenvalue weighted by molar-refractivity contribution is -0.109. The van der Waals surface area contributed by atoms with Gasteiger partial charge >= 0.3 is 8.80 Å². The van der Waals surface area contributed by atoms with E-state index in [0.717, 1.165) is 0 Å². The summed E-state index contributed by atoms with van der Waals surface area (Å²) in [6, 6.07) is 0. The Hall–Kier alpha value is 0.117. The van der Waals surface area contributed by atoms with E-state index in [9.17, 15) is 4.79 Å². The first kappa shape index (κ1) is 14.1. The van der Waals surface area contributed by atoms with E-state index in [1.807, 2.05) is 6.92 Å². The first-order valence-electron chi connectivity index (χ1n) is 4.31. The van der Waals surface area contributed by atoms with Crippen molar-refractivity contribution < 1.29 is 18.1 Å². The van der Waals surface area contributed by atoms with E-state index < -0.39 is 8.80 Å². The van der Waals surface area contributed by atoms with Crippen molar-refractivity contribution >= 4 is 25.7 Å². The molecule has 0 heterocycles. The van der Waals surface area contributed by atoms with Crippen LogP contribution in [0.4, 0.5) is 0 Å². The average Bonchev–Trinajstić information content (AvgIpc) is 2.18. The Labute approximate surface area is 90.7 Å². The van der Waals surface area contributed by atoms with Crippen LogP contribution in [-0.2, 0) is 18.1 Å². The summed E-state index contributed by atoms with van der Waals surface area (Å²) in [7, 11) is 2.17. The Morgan fingerprint density at radius 3 is 2.00 bits per heavy atom. The van der Waals surface area contributed by atoms with Gasteiger partial charge in [-0.1, -0.05) is 18.7 Å². The predicted octanol–water partition coefficient (Wildman–Crippen LogP) is 1.53. The van der Waals surface area contributed by atoms with Crippen LogP contribution in [0.3, 0.4) is 0 Å². The maximum Gasteiger partial charge on any atom is 0.503 e. The van der Waals surface area contributed by atoms with Crippen molar-refractivity contribution in [2.45, 2.75) is 19.4 Å². The number of hydrogen-bond acceptors (Lipinski definition) is 5. The first-order valence-corrected chi connectivity index (χ1v) is 7.10. The lowest BCUT2D eigenvalue weighted by atomic mass is 10.6. The first-order chi connectivity index (χ1) is 6.52. The molecule has 0 amide bonds. The summed E-state index contributed by atoms with van der Waals surface area (Å²) in [6.07, 6.45) is 0. The van der Waals surface area contributed by atoms with Crippen molar-refractivity contribution in [1.29, 1.82) is 0 Å². The fraction of sp³-hybridized carbons (Fsp3) is 0.875. The van der Waals surface area contributed by atoms with E-state index in [0.29, 0.717) is 5.75 Å². The van der Waals surface area contributed by atoms with Crippen LogP contribution >= 0.6 is 11.8 Å². The summed E-state index contributed by atoms with van der Waals surface area (Å²) >= 11 is 1.27. The second-order valence-corrected chi connectivity index (χ2v) is 7.53. The highest BCUT2D eigenvalue weighted by Crippen LogP contribution is 2.27. The monoisotopic (exact) mass is 238 g/mol. The van der Waals surface area contributed by atoms with E-state index in [4.69, 9.17) is 13.3 Å². The fourth-order valence-corrected chi connectivity index (χ4v) is 4.46. The Bertz CT molecular complexity index is 176. The zero-order valence-electron chi connectivity index (χ0n) is 9.33. The molecule has 0 aromatic rings.